The summed E-state index contributed by atoms with van der Waals surface area (Å²) in [6.07, 6.45) is 1.64. The zero-order chi connectivity index (χ0) is 19.5. The molecular formula is C23H22N4O. The molecule has 0 unspecified atom stereocenters. The van der Waals surface area contributed by atoms with Gasteiger partial charge in [0, 0.05) is 17.6 Å². The van der Waals surface area contributed by atoms with Crippen molar-refractivity contribution in [3.8, 4) is 0 Å². The van der Waals surface area contributed by atoms with Crippen LogP contribution in [-0.4, -0.2) is 9.97 Å². The molecule has 5 nitrogen and oxygen atoms in total. The zero-order valence-corrected chi connectivity index (χ0v) is 15.7. The Morgan fingerprint density at radius 1 is 1.00 bits per heavy atom. The monoisotopic (exact) mass is 370 g/mol. The number of nitrogens with zero attached hydrogens (tertiary/aromatic N) is 2. The van der Waals surface area contributed by atoms with Gasteiger partial charge >= 0.3 is 0 Å². The molecule has 0 amide bonds. The molecule has 28 heavy (non-hydrogen) atoms. The molecule has 0 radical (unpaired) electrons. The van der Waals surface area contributed by atoms with Crippen molar-refractivity contribution in [1.29, 1.82) is 0 Å². The number of aromatic nitrogens is 2. The molecule has 140 valence electrons. The van der Waals surface area contributed by atoms with Crippen LogP contribution in [0, 0.1) is 6.92 Å². The number of nitrogens with two attached hydrogens (primary N) is 1. The summed E-state index contributed by atoms with van der Waals surface area (Å²) < 4.78 is 0. The van der Waals surface area contributed by atoms with Crippen LogP contribution in [0.1, 0.15) is 16.7 Å². The molecule has 0 spiro atoms. The van der Waals surface area contributed by atoms with Crippen molar-refractivity contribution in [2.75, 3.05) is 10.6 Å². The van der Waals surface area contributed by atoms with Crippen molar-refractivity contribution < 1.29 is 0 Å². The van der Waals surface area contributed by atoms with Gasteiger partial charge in [0.25, 0.3) is 5.56 Å². The van der Waals surface area contributed by atoms with Gasteiger partial charge in [-0.1, -0.05) is 42.0 Å². The van der Waals surface area contributed by atoms with Crippen LogP contribution in [0.2, 0.25) is 0 Å². The van der Waals surface area contributed by atoms with Crippen molar-refractivity contribution in [2.24, 2.45) is 0 Å². The fourth-order valence-electron chi connectivity index (χ4n) is 3.30. The third-order valence-electron chi connectivity index (χ3n) is 4.75. The number of pyridine rings is 2. The number of hydrogen-bond acceptors (Lipinski definition) is 4. The van der Waals surface area contributed by atoms with Gasteiger partial charge in [0.05, 0.1) is 18.4 Å². The summed E-state index contributed by atoms with van der Waals surface area (Å²) >= 11 is 0. The summed E-state index contributed by atoms with van der Waals surface area (Å²) in [6, 6.07) is 21.9. The molecule has 0 bridgehead atoms. The van der Waals surface area contributed by atoms with Crippen LogP contribution in [0.5, 0.6) is 0 Å². The number of fused-ring (bicyclic) bond motifs is 1. The maximum absolute atomic E-state index is 12.7. The number of nitrogens with one attached hydrogen (secondary N) is 1. The van der Waals surface area contributed by atoms with E-state index in [0.29, 0.717) is 24.3 Å². The second kappa shape index (κ2) is 7.56. The Morgan fingerprint density at radius 3 is 2.57 bits per heavy atom. The van der Waals surface area contributed by atoms with Crippen LogP contribution in [0.4, 0.5) is 11.5 Å². The lowest BCUT2D eigenvalue weighted by molar-refractivity contribution is 0.777. The second-order valence-electron chi connectivity index (χ2n) is 7.01. The van der Waals surface area contributed by atoms with Crippen molar-refractivity contribution in [3.05, 3.63) is 100.0 Å². The Bertz CT molecular complexity index is 1150. The molecule has 0 saturated carbocycles. The predicted octanol–water partition coefficient (Wildman–Crippen LogP) is 4.02. The zero-order valence-electron chi connectivity index (χ0n) is 15.7. The number of rotatable bonds is 5. The molecule has 3 N–H and O–H groups in total. The summed E-state index contributed by atoms with van der Waals surface area (Å²) in [5.74, 6) is 0.779. The third kappa shape index (κ3) is 3.88. The van der Waals surface area contributed by atoms with Crippen LogP contribution in [0.15, 0.2) is 77.7 Å². The Balaban J connectivity index is 1.72. The first-order valence-electron chi connectivity index (χ1n) is 9.21. The minimum atomic E-state index is -0.0788. The molecule has 5 heteroatoms. The second-order valence-corrected chi connectivity index (χ2v) is 7.01. The van der Waals surface area contributed by atoms with Gasteiger partial charge in [-0.05, 0) is 48.2 Å². The predicted molar refractivity (Wildman–Crippen MR) is 114 cm³/mol. The molecule has 0 aliphatic heterocycles. The number of benzene rings is 2. The first-order valence-corrected chi connectivity index (χ1v) is 9.21. The van der Waals surface area contributed by atoms with E-state index in [-0.39, 0.29) is 5.56 Å². The highest BCUT2D eigenvalue weighted by atomic mass is 16.1. The van der Waals surface area contributed by atoms with Gasteiger partial charge in [-0.3, -0.25) is 4.79 Å². The summed E-state index contributed by atoms with van der Waals surface area (Å²) in [6.45, 7) is 3.14. The molecule has 0 fully saturated rings. The van der Waals surface area contributed by atoms with E-state index in [1.807, 2.05) is 55.5 Å². The maximum atomic E-state index is 12.7. The lowest BCUT2D eigenvalue weighted by Crippen LogP contribution is -2.27. The smallest absolute Gasteiger partial charge is 0.253 e. The highest BCUT2D eigenvalue weighted by molar-refractivity contribution is 5.79. The normalized spacial score (nSPS) is 10.9. The Kier molecular flexibility index (Phi) is 4.81. The first kappa shape index (κ1) is 17.8. The summed E-state index contributed by atoms with van der Waals surface area (Å²) in [4.78, 5) is 22.2. The van der Waals surface area contributed by atoms with Crippen molar-refractivity contribution >= 4 is 22.4 Å². The average Bonchev–Trinajstić information content (AvgIpc) is 2.70. The van der Waals surface area contributed by atoms with E-state index in [1.54, 1.807) is 6.20 Å². The van der Waals surface area contributed by atoms with Gasteiger partial charge in [0.15, 0.2) is 0 Å². The topological polar surface area (TPSA) is 75.0 Å². The van der Waals surface area contributed by atoms with E-state index in [0.717, 1.165) is 27.8 Å². The highest BCUT2D eigenvalue weighted by Gasteiger charge is 2.13. The SMILES string of the molecule is Cc1ccc2[nH]c(=O)c(CN(Cc3ccccc3)c3ccc(N)cn3)cc2c1. The summed E-state index contributed by atoms with van der Waals surface area (Å²) in [5.41, 5.74) is 10.2. The summed E-state index contributed by atoms with van der Waals surface area (Å²) in [7, 11) is 0. The fraction of sp³-hybridized carbons (Fsp3) is 0.130. The molecule has 0 aliphatic rings. The van der Waals surface area contributed by atoms with E-state index in [4.69, 9.17) is 5.73 Å². The van der Waals surface area contributed by atoms with E-state index in [2.05, 4.69) is 33.1 Å². The van der Waals surface area contributed by atoms with Crippen molar-refractivity contribution in [2.45, 2.75) is 20.0 Å². The molecule has 0 saturated heterocycles. The fourth-order valence-corrected chi connectivity index (χ4v) is 3.30. The van der Waals surface area contributed by atoms with E-state index >= 15 is 0 Å². The van der Waals surface area contributed by atoms with E-state index in [1.165, 1.54) is 0 Å². The highest BCUT2D eigenvalue weighted by Crippen LogP contribution is 2.20. The Labute approximate surface area is 163 Å². The number of nitrogen functional groups attached to an aromatic ring is 1. The van der Waals surface area contributed by atoms with Gasteiger partial charge in [-0.25, -0.2) is 4.98 Å². The number of aromatic amines is 1. The number of aryl methyl sites for hydroxylation is 1. The molecule has 2 heterocycles. The number of anilines is 2. The number of hydrogen-bond donors (Lipinski definition) is 2. The molecule has 4 rings (SSSR count). The Hall–Kier alpha value is -3.60. The lowest BCUT2D eigenvalue weighted by atomic mass is 10.1. The van der Waals surface area contributed by atoms with Gasteiger partial charge in [0.1, 0.15) is 5.82 Å². The van der Waals surface area contributed by atoms with Crippen molar-refractivity contribution in [1.82, 2.24) is 9.97 Å². The van der Waals surface area contributed by atoms with Crippen LogP contribution >= 0.6 is 0 Å². The molecular weight excluding hydrogens is 348 g/mol. The minimum Gasteiger partial charge on any atom is -0.397 e. The largest absolute Gasteiger partial charge is 0.397 e. The quantitative estimate of drug-likeness (QED) is 0.556. The van der Waals surface area contributed by atoms with Gasteiger partial charge in [-0.15, -0.1) is 0 Å². The molecule has 0 atom stereocenters. The van der Waals surface area contributed by atoms with E-state index in [9.17, 15) is 4.79 Å². The van der Waals surface area contributed by atoms with Gasteiger partial charge < -0.3 is 15.6 Å². The molecule has 0 aliphatic carbocycles. The molecule has 4 aromatic rings. The third-order valence-corrected chi connectivity index (χ3v) is 4.75. The van der Waals surface area contributed by atoms with Crippen LogP contribution in [-0.2, 0) is 13.1 Å². The van der Waals surface area contributed by atoms with Crippen LogP contribution < -0.4 is 16.2 Å². The lowest BCUT2D eigenvalue weighted by Gasteiger charge is -2.24. The van der Waals surface area contributed by atoms with Gasteiger partial charge in [-0.2, -0.15) is 0 Å². The van der Waals surface area contributed by atoms with Crippen molar-refractivity contribution in [3.63, 3.8) is 0 Å². The Morgan fingerprint density at radius 2 is 1.82 bits per heavy atom. The molecule has 2 aromatic heterocycles. The first-order chi connectivity index (χ1) is 13.6. The van der Waals surface area contributed by atoms with Crippen LogP contribution in [0.25, 0.3) is 10.9 Å². The average molecular weight is 370 g/mol. The standard InChI is InChI=1S/C23H22N4O/c1-16-7-9-21-18(11-16)12-19(23(28)26-21)15-27(14-17-5-3-2-4-6-17)22-10-8-20(24)13-25-22/h2-13H,14-15,24H2,1H3,(H,26,28). The maximum Gasteiger partial charge on any atom is 0.253 e. The van der Waals surface area contributed by atoms with Gasteiger partial charge in [0.2, 0.25) is 0 Å². The molecule has 2 aromatic carbocycles. The number of H-pyrrole nitrogens is 1. The van der Waals surface area contributed by atoms with Crippen LogP contribution in [0.3, 0.4) is 0 Å². The summed E-state index contributed by atoms with van der Waals surface area (Å²) in [5, 5.41) is 1.03. The van der Waals surface area contributed by atoms with E-state index < -0.39 is 0 Å². The minimum absolute atomic E-state index is 0.0788.